The van der Waals surface area contributed by atoms with Crippen molar-refractivity contribution in [1.82, 2.24) is 19.6 Å². The van der Waals surface area contributed by atoms with E-state index in [4.69, 9.17) is 9.26 Å². The summed E-state index contributed by atoms with van der Waals surface area (Å²) in [7, 11) is 1.88. The molecule has 112 valence electrons. The van der Waals surface area contributed by atoms with Crippen LogP contribution in [-0.2, 0) is 11.8 Å². The van der Waals surface area contributed by atoms with Crippen LogP contribution in [0, 0.1) is 13.8 Å². The first-order valence-corrected chi connectivity index (χ1v) is 6.89. The highest BCUT2D eigenvalue weighted by Gasteiger charge is 2.34. The molecule has 1 aliphatic heterocycles. The normalized spacial score (nSPS) is 19.0. The molecule has 0 unspecified atom stereocenters. The zero-order valence-corrected chi connectivity index (χ0v) is 12.4. The van der Waals surface area contributed by atoms with Crippen molar-refractivity contribution in [2.24, 2.45) is 7.05 Å². The highest BCUT2D eigenvalue weighted by Crippen LogP contribution is 2.25. The number of amides is 1. The minimum absolute atomic E-state index is 0.0465. The van der Waals surface area contributed by atoms with Gasteiger partial charge in [0.25, 0.3) is 11.8 Å². The second-order valence-corrected chi connectivity index (χ2v) is 5.19. The fourth-order valence-electron chi connectivity index (χ4n) is 2.47. The Morgan fingerprint density at radius 1 is 1.38 bits per heavy atom. The summed E-state index contributed by atoms with van der Waals surface area (Å²) in [6, 6.07) is 3.44. The van der Waals surface area contributed by atoms with Crippen molar-refractivity contribution in [1.29, 1.82) is 0 Å². The largest absolute Gasteiger partial charge is 0.377 e. The van der Waals surface area contributed by atoms with Gasteiger partial charge < -0.3 is 18.7 Å². The molecule has 0 spiro atoms. The molecule has 0 saturated carbocycles. The Morgan fingerprint density at radius 3 is 2.81 bits per heavy atom. The summed E-state index contributed by atoms with van der Waals surface area (Å²) in [5.41, 5.74) is 1.69. The third-order valence-corrected chi connectivity index (χ3v) is 3.81. The van der Waals surface area contributed by atoms with Crippen LogP contribution in [0.3, 0.4) is 0 Å². The summed E-state index contributed by atoms with van der Waals surface area (Å²) in [5.74, 6) is 0.930. The fourth-order valence-corrected chi connectivity index (χ4v) is 2.47. The summed E-state index contributed by atoms with van der Waals surface area (Å²) in [6.45, 7) is 5.11. The standard InChI is InChI=1S/C14H18N4O3/c1-9-4-5-11(17(9)3)14(19)18-6-7-20-8-12(18)13-15-10(2)16-21-13/h4-5,12H,6-8H2,1-3H3/t12-/m0/s1. The van der Waals surface area contributed by atoms with E-state index < -0.39 is 0 Å². The quantitative estimate of drug-likeness (QED) is 0.832. The molecule has 7 heteroatoms. The van der Waals surface area contributed by atoms with Crippen molar-refractivity contribution in [3.05, 3.63) is 35.2 Å². The van der Waals surface area contributed by atoms with E-state index in [1.807, 2.05) is 30.7 Å². The van der Waals surface area contributed by atoms with E-state index in [1.54, 1.807) is 11.8 Å². The van der Waals surface area contributed by atoms with E-state index in [0.717, 1.165) is 5.69 Å². The first-order valence-electron chi connectivity index (χ1n) is 6.89. The number of hydrogen-bond acceptors (Lipinski definition) is 5. The molecular formula is C14H18N4O3. The molecule has 1 atom stereocenters. The predicted molar refractivity (Wildman–Crippen MR) is 73.8 cm³/mol. The van der Waals surface area contributed by atoms with Crippen LogP contribution in [0.15, 0.2) is 16.7 Å². The van der Waals surface area contributed by atoms with Crippen LogP contribution in [0.4, 0.5) is 0 Å². The molecule has 2 aromatic heterocycles. The van der Waals surface area contributed by atoms with Gasteiger partial charge in [0.1, 0.15) is 11.7 Å². The molecule has 3 rings (SSSR count). The van der Waals surface area contributed by atoms with Crippen LogP contribution in [0.5, 0.6) is 0 Å². The Hall–Kier alpha value is -2.15. The highest BCUT2D eigenvalue weighted by molar-refractivity contribution is 5.93. The molecule has 3 heterocycles. The van der Waals surface area contributed by atoms with Crippen molar-refractivity contribution < 1.29 is 14.1 Å². The number of carbonyl (C=O) groups excluding carboxylic acids is 1. The van der Waals surface area contributed by atoms with Crippen molar-refractivity contribution in [2.75, 3.05) is 19.8 Å². The number of ether oxygens (including phenoxy) is 1. The second-order valence-electron chi connectivity index (χ2n) is 5.19. The zero-order chi connectivity index (χ0) is 15.0. The maximum atomic E-state index is 12.8. The number of hydrogen-bond donors (Lipinski definition) is 0. The van der Waals surface area contributed by atoms with Crippen molar-refractivity contribution in [3.63, 3.8) is 0 Å². The number of morpholine rings is 1. The van der Waals surface area contributed by atoms with Crippen LogP contribution < -0.4 is 0 Å². The van der Waals surface area contributed by atoms with E-state index in [2.05, 4.69) is 10.1 Å². The Labute approximate surface area is 122 Å². The van der Waals surface area contributed by atoms with E-state index in [9.17, 15) is 4.79 Å². The zero-order valence-electron chi connectivity index (χ0n) is 12.4. The predicted octanol–water partition coefficient (Wildman–Crippen LogP) is 1.24. The van der Waals surface area contributed by atoms with E-state index in [1.165, 1.54) is 0 Å². The van der Waals surface area contributed by atoms with Crippen molar-refractivity contribution >= 4 is 5.91 Å². The van der Waals surface area contributed by atoms with Gasteiger partial charge in [0, 0.05) is 19.3 Å². The molecule has 1 fully saturated rings. The SMILES string of the molecule is Cc1noc([C@@H]2COCCN2C(=O)c2ccc(C)n2C)n1. The highest BCUT2D eigenvalue weighted by atomic mass is 16.5. The van der Waals surface area contributed by atoms with E-state index >= 15 is 0 Å². The van der Waals surface area contributed by atoms with Gasteiger partial charge in [-0.15, -0.1) is 0 Å². The smallest absolute Gasteiger partial charge is 0.271 e. The lowest BCUT2D eigenvalue weighted by atomic mass is 10.2. The maximum Gasteiger partial charge on any atom is 0.271 e. The van der Waals surface area contributed by atoms with Gasteiger partial charge in [-0.25, -0.2) is 0 Å². The Morgan fingerprint density at radius 2 is 2.19 bits per heavy atom. The topological polar surface area (TPSA) is 73.4 Å². The number of carbonyl (C=O) groups is 1. The molecule has 21 heavy (non-hydrogen) atoms. The third-order valence-electron chi connectivity index (χ3n) is 3.81. The molecule has 0 bridgehead atoms. The van der Waals surface area contributed by atoms with Gasteiger partial charge in [0.15, 0.2) is 5.82 Å². The van der Waals surface area contributed by atoms with Crippen molar-refractivity contribution in [2.45, 2.75) is 19.9 Å². The van der Waals surface area contributed by atoms with E-state index in [-0.39, 0.29) is 11.9 Å². The first-order chi connectivity index (χ1) is 10.1. The van der Waals surface area contributed by atoms with Crippen LogP contribution in [0.2, 0.25) is 0 Å². The molecule has 2 aromatic rings. The van der Waals surface area contributed by atoms with Gasteiger partial charge in [-0.05, 0) is 26.0 Å². The maximum absolute atomic E-state index is 12.8. The number of aryl methyl sites for hydroxylation is 2. The Balaban J connectivity index is 1.91. The van der Waals surface area contributed by atoms with Gasteiger partial charge in [-0.1, -0.05) is 5.16 Å². The molecule has 0 aromatic carbocycles. The lowest BCUT2D eigenvalue weighted by Crippen LogP contribution is -2.44. The van der Waals surface area contributed by atoms with Crippen molar-refractivity contribution in [3.8, 4) is 0 Å². The Bertz CT molecular complexity index is 661. The number of rotatable bonds is 2. The van der Waals surface area contributed by atoms with Crippen LogP contribution >= 0.6 is 0 Å². The monoisotopic (exact) mass is 290 g/mol. The molecule has 1 saturated heterocycles. The van der Waals surface area contributed by atoms with Crippen LogP contribution in [0.1, 0.15) is 33.9 Å². The molecule has 1 amide bonds. The Kier molecular flexibility index (Phi) is 3.50. The molecule has 7 nitrogen and oxygen atoms in total. The van der Waals surface area contributed by atoms with Gasteiger partial charge in [0.2, 0.25) is 0 Å². The summed E-state index contributed by atoms with van der Waals surface area (Å²) >= 11 is 0. The van der Waals surface area contributed by atoms with Crippen LogP contribution in [-0.4, -0.2) is 45.3 Å². The summed E-state index contributed by atoms with van der Waals surface area (Å²) in [5, 5.41) is 3.80. The molecule has 0 radical (unpaired) electrons. The average Bonchev–Trinajstić information content (AvgIpc) is 3.06. The lowest BCUT2D eigenvalue weighted by Gasteiger charge is -2.33. The number of nitrogens with zero attached hydrogens (tertiary/aromatic N) is 4. The fraction of sp³-hybridized carbons (Fsp3) is 0.500. The minimum atomic E-state index is -0.331. The average molecular weight is 290 g/mol. The summed E-state index contributed by atoms with van der Waals surface area (Å²) in [4.78, 5) is 18.8. The summed E-state index contributed by atoms with van der Waals surface area (Å²) < 4.78 is 12.6. The first kappa shape index (κ1) is 13.8. The summed E-state index contributed by atoms with van der Waals surface area (Å²) in [6.07, 6.45) is 0. The van der Waals surface area contributed by atoms with Gasteiger partial charge in [-0.2, -0.15) is 4.98 Å². The van der Waals surface area contributed by atoms with Gasteiger partial charge in [-0.3, -0.25) is 4.79 Å². The molecule has 1 aliphatic rings. The van der Waals surface area contributed by atoms with Gasteiger partial charge in [0.05, 0.1) is 13.2 Å². The van der Waals surface area contributed by atoms with E-state index in [0.29, 0.717) is 37.2 Å². The van der Waals surface area contributed by atoms with Crippen LogP contribution in [0.25, 0.3) is 0 Å². The lowest BCUT2D eigenvalue weighted by molar-refractivity contribution is -0.0123. The molecule has 0 N–H and O–H groups in total. The molecule has 0 aliphatic carbocycles. The third kappa shape index (κ3) is 2.44. The molecular weight excluding hydrogens is 272 g/mol. The van der Waals surface area contributed by atoms with Gasteiger partial charge >= 0.3 is 0 Å². The number of aromatic nitrogens is 3. The second kappa shape index (κ2) is 5.33. The minimum Gasteiger partial charge on any atom is -0.377 e.